The zero-order valence-electron chi connectivity index (χ0n) is 12.4. The van der Waals surface area contributed by atoms with Crippen molar-refractivity contribution in [3.8, 4) is 0 Å². The van der Waals surface area contributed by atoms with Gasteiger partial charge in [0.1, 0.15) is 0 Å². The molecule has 0 spiro atoms. The Hall–Kier alpha value is -0.820. The van der Waals surface area contributed by atoms with E-state index in [-0.39, 0.29) is 24.0 Å². The lowest BCUT2D eigenvalue weighted by molar-refractivity contribution is 0.184. The molecular formula is C14H24IN3O. The van der Waals surface area contributed by atoms with Gasteiger partial charge in [0.05, 0.1) is 13.2 Å². The Labute approximate surface area is 133 Å². The minimum Gasteiger partial charge on any atom is -0.380 e. The molecule has 0 aliphatic heterocycles. The van der Waals surface area contributed by atoms with Gasteiger partial charge in [-0.3, -0.25) is 0 Å². The fourth-order valence-electron chi connectivity index (χ4n) is 1.85. The fourth-order valence-corrected chi connectivity index (χ4v) is 1.85. The van der Waals surface area contributed by atoms with E-state index in [1.165, 1.54) is 11.1 Å². The molecule has 0 aromatic heterocycles. The van der Waals surface area contributed by atoms with Gasteiger partial charge in [0, 0.05) is 35.3 Å². The predicted molar refractivity (Wildman–Crippen MR) is 91.1 cm³/mol. The summed E-state index contributed by atoms with van der Waals surface area (Å²) in [5.41, 5.74) is 2.40. The molecule has 0 unspecified atom stereocenters. The molecule has 0 saturated heterocycles. The van der Waals surface area contributed by atoms with Gasteiger partial charge in [0.2, 0.25) is 0 Å². The van der Waals surface area contributed by atoms with Crippen LogP contribution in [0.15, 0.2) is 29.3 Å². The first-order valence-electron chi connectivity index (χ1n) is 6.01. The smallest absolute Gasteiger partial charge is 0.195 e. The van der Waals surface area contributed by atoms with E-state index in [0.29, 0.717) is 13.2 Å². The maximum absolute atomic E-state index is 5.20. The number of guanidine groups is 1. The van der Waals surface area contributed by atoms with Crippen LogP contribution in [0.3, 0.4) is 0 Å². The molecule has 0 amide bonds. The largest absolute Gasteiger partial charge is 0.380 e. The Bertz CT molecular complexity index is 395. The predicted octanol–water partition coefficient (Wildman–Crippen LogP) is 2.43. The first-order chi connectivity index (χ1) is 8.56. The van der Waals surface area contributed by atoms with Crippen molar-refractivity contribution in [1.82, 2.24) is 9.80 Å². The van der Waals surface area contributed by atoms with Gasteiger partial charge in [-0.15, -0.1) is 24.0 Å². The minimum atomic E-state index is 0. The molecule has 0 atom stereocenters. The average Bonchev–Trinajstić information content (AvgIpc) is 2.31. The molecule has 19 heavy (non-hydrogen) atoms. The normalized spacial score (nSPS) is 9.53. The molecular weight excluding hydrogens is 353 g/mol. The van der Waals surface area contributed by atoms with Crippen LogP contribution in [0.2, 0.25) is 0 Å². The lowest BCUT2D eigenvalue weighted by Crippen LogP contribution is -2.35. The number of halogens is 1. The molecule has 0 bridgehead atoms. The van der Waals surface area contributed by atoms with Gasteiger partial charge in [0.25, 0.3) is 0 Å². The third-order valence-corrected chi connectivity index (χ3v) is 2.61. The topological polar surface area (TPSA) is 28.1 Å². The summed E-state index contributed by atoms with van der Waals surface area (Å²) in [7, 11) is 9.71. The molecule has 0 saturated carbocycles. The monoisotopic (exact) mass is 377 g/mol. The summed E-state index contributed by atoms with van der Waals surface area (Å²) in [6.07, 6.45) is 0. The molecule has 0 radical (unpaired) electrons. The highest BCUT2D eigenvalue weighted by atomic mass is 127. The second-order valence-electron chi connectivity index (χ2n) is 4.61. The molecule has 0 aliphatic carbocycles. The van der Waals surface area contributed by atoms with E-state index in [4.69, 9.17) is 4.74 Å². The van der Waals surface area contributed by atoms with Crippen molar-refractivity contribution >= 4 is 29.9 Å². The van der Waals surface area contributed by atoms with E-state index in [1.54, 1.807) is 7.11 Å². The summed E-state index contributed by atoms with van der Waals surface area (Å²) < 4.78 is 5.20. The van der Waals surface area contributed by atoms with Crippen LogP contribution in [0.4, 0.5) is 0 Å². The van der Waals surface area contributed by atoms with Crippen LogP contribution in [0.5, 0.6) is 0 Å². The number of benzene rings is 1. The van der Waals surface area contributed by atoms with Crippen molar-refractivity contribution in [2.45, 2.75) is 13.2 Å². The highest BCUT2D eigenvalue weighted by Crippen LogP contribution is 2.11. The standard InChI is InChI=1S/C14H23N3O.HI/c1-16(2)14(17(3)4)15-10-12-8-6-7-9-13(12)11-18-5;/h6-9H,10-11H2,1-5H3;1H. The quantitative estimate of drug-likeness (QED) is 0.458. The SMILES string of the molecule is COCc1ccccc1CN=C(N(C)C)N(C)C.I. The Kier molecular flexibility index (Phi) is 8.75. The van der Waals surface area contributed by atoms with Gasteiger partial charge in [-0.25, -0.2) is 4.99 Å². The molecule has 1 rings (SSSR count). The molecule has 5 heteroatoms. The third kappa shape index (κ3) is 5.78. The molecule has 1 aromatic carbocycles. The highest BCUT2D eigenvalue weighted by molar-refractivity contribution is 14.0. The number of hydrogen-bond acceptors (Lipinski definition) is 2. The summed E-state index contributed by atoms with van der Waals surface area (Å²) in [5, 5.41) is 0. The van der Waals surface area contributed by atoms with Crippen LogP contribution < -0.4 is 0 Å². The van der Waals surface area contributed by atoms with Crippen LogP contribution >= 0.6 is 24.0 Å². The van der Waals surface area contributed by atoms with E-state index in [9.17, 15) is 0 Å². The van der Waals surface area contributed by atoms with Gasteiger partial charge in [-0.05, 0) is 11.1 Å². The average molecular weight is 377 g/mol. The van der Waals surface area contributed by atoms with Crippen LogP contribution in [0.25, 0.3) is 0 Å². The summed E-state index contributed by atoms with van der Waals surface area (Å²) in [5.74, 6) is 0.960. The van der Waals surface area contributed by atoms with Crippen LogP contribution in [0.1, 0.15) is 11.1 Å². The molecule has 0 heterocycles. The Morgan fingerprint density at radius 2 is 1.58 bits per heavy atom. The molecule has 0 N–H and O–H groups in total. The van der Waals surface area contributed by atoms with Gasteiger partial charge in [-0.1, -0.05) is 24.3 Å². The number of ether oxygens (including phenoxy) is 1. The molecule has 4 nitrogen and oxygen atoms in total. The van der Waals surface area contributed by atoms with Gasteiger partial charge in [-0.2, -0.15) is 0 Å². The second kappa shape index (κ2) is 9.14. The third-order valence-electron chi connectivity index (χ3n) is 2.61. The lowest BCUT2D eigenvalue weighted by atomic mass is 10.1. The second-order valence-corrected chi connectivity index (χ2v) is 4.61. The van der Waals surface area contributed by atoms with Crippen molar-refractivity contribution in [2.24, 2.45) is 4.99 Å². The summed E-state index contributed by atoms with van der Waals surface area (Å²) in [6, 6.07) is 8.25. The van der Waals surface area contributed by atoms with Crippen LogP contribution in [-0.2, 0) is 17.9 Å². The zero-order chi connectivity index (χ0) is 13.5. The number of hydrogen-bond donors (Lipinski definition) is 0. The molecule has 108 valence electrons. The van der Waals surface area contributed by atoms with E-state index < -0.39 is 0 Å². The van der Waals surface area contributed by atoms with E-state index in [0.717, 1.165) is 5.96 Å². The first kappa shape index (κ1) is 18.2. The van der Waals surface area contributed by atoms with Crippen molar-refractivity contribution in [1.29, 1.82) is 0 Å². The maximum Gasteiger partial charge on any atom is 0.195 e. The lowest BCUT2D eigenvalue weighted by Gasteiger charge is -2.22. The minimum absolute atomic E-state index is 0. The van der Waals surface area contributed by atoms with E-state index in [2.05, 4.69) is 17.1 Å². The Morgan fingerprint density at radius 3 is 2.05 bits per heavy atom. The van der Waals surface area contributed by atoms with Gasteiger partial charge in [0.15, 0.2) is 5.96 Å². The van der Waals surface area contributed by atoms with Gasteiger partial charge >= 0.3 is 0 Å². The van der Waals surface area contributed by atoms with Gasteiger partial charge < -0.3 is 14.5 Å². The summed E-state index contributed by atoms with van der Waals surface area (Å²) in [6.45, 7) is 1.30. The number of rotatable bonds is 4. The summed E-state index contributed by atoms with van der Waals surface area (Å²) >= 11 is 0. The maximum atomic E-state index is 5.20. The summed E-state index contributed by atoms with van der Waals surface area (Å²) in [4.78, 5) is 8.67. The Balaban J connectivity index is 0.00000324. The van der Waals surface area contributed by atoms with Crippen molar-refractivity contribution in [3.05, 3.63) is 35.4 Å². The highest BCUT2D eigenvalue weighted by Gasteiger charge is 2.05. The van der Waals surface area contributed by atoms with Crippen molar-refractivity contribution in [3.63, 3.8) is 0 Å². The van der Waals surface area contributed by atoms with Crippen LogP contribution in [-0.4, -0.2) is 51.1 Å². The van der Waals surface area contributed by atoms with Crippen LogP contribution in [0, 0.1) is 0 Å². The van der Waals surface area contributed by atoms with Crippen molar-refractivity contribution < 1.29 is 4.74 Å². The number of methoxy groups -OCH3 is 1. The Morgan fingerprint density at radius 1 is 1.05 bits per heavy atom. The van der Waals surface area contributed by atoms with E-state index >= 15 is 0 Å². The molecule has 1 aromatic rings. The van der Waals surface area contributed by atoms with E-state index in [1.807, 2.05) is 50.1 Å². The zero-order valence-corrected chi connectivity index (χ0v) is 14.7. The molecule has 0 fully saturated rings. The number of nitrogens with zero attached hydrogens (tertiary/aromatic N) is 3. The van der Waals surface area contributed by atoms with Crippen molar-refractivity contribution in [2.75, 3.05) is 35.3 Å². The molecule has 0 aliphatic rings. The first-order valence-corrected chi connectivity index (χ1v) is 6.01. The number of aliphatic imine (C=N–C) groups is 1. The fraction of sp³-hybridized carbons (Fsp3) is 0.500.